The van der Waals surface area contributed by atoms with Gasteiger partial charge in [0.25, 0.3) is 0 Å². The van der Waals surface area contributed by atoms with Gasteiger partial charge >= 0.3 is 61.6 Å². The van der Waals surface area contributed by atoms with E-state index in [1.807, 2.05) is 0 Å². The molecule has 0 heterocycles. The Kier molecular flexibility index (Phi) is 9.17. The summed E-state index contributed by atoms with van der Waals surface area (Å²) in [5.74, 6) is -5.65. The second-order valence-electron chi connectivity index (χ2n) is 3.28. The summed E-state index contributed by atoms with van der Waals surface area (Å²) in [7, 11) is 0. The van der Waals surface area contributed by atoms with Crippen LogP contribution in [0.2, 0.25) is 0 Å². The van der Waals surface area contributed by atoms with Gasteiger partial charge in [-0.2, -0.15) is 0 Å². The van der Waals surface area contributed by atoms with E-state index in [-0.39, 0.29) is 47.0 Å². The molecule has 1 unspecified atom stereocenters. The molecule has 0 bridgehead atoms. The minimum atomic E-state index is -2.78. The summed E-state index contributed by atoms with van der Waals surface area (Å²) in [5.41, 5.74) is -2.78. The van der Waals surface area contributed by atoms with E-state index in [1.165, 1.54) is 6.92 Å². The number of carboxylic acid groups (broad SMARTS) is 2. The van der Waals surface area contributed by atoms with Crippen molar-refractivity contribution in [1.82, 2.24) is 0 Å². The normalized spacial score (nSPS) is 12.8. The molecule has 0 aliphatic heterocycles. The number of rotatable bonds is 6. The maximum Gasteiger partial charge on any atom is 2.00 e. The molecule has 0 aliphatic carbocycles. The zero-order valence-electron chi connectivity index (χ0n) is 11.7. The molecule has 18 heavy (non-hydrogen) atoms. The Bertz CT molecular complexity index is 362. The summed E-state index contributed by atoms with van der Waals surface area (Å²) < 4.78 is 4.13. The van der Waals surface area contributed by atoms with Crippen LogP contribution in [0.15, 0.2) is 0 Å². The second-order valence-corrected chi connectivity index (χ2v) is 3.28. The number of carbonyl (C=O) groups excluding carboxylic acids is 2. The van der Waals surface area contributed by atoms with Gasteiger partial charge in [-0.3, -0.25) is 14.4 Å². The van der Waals surface area contributed by atoms with Gasteiger partial charge in [0.05, 0.1) is 12.8 Å². The third kappa shape index (κ3) is 6.90. The van der Waals surface area contributed by atoms with Crippen molar-refractivity contribution >= 4 is 61.6 Å². The van der Waals surface area contributed by atoms with E-state index >= 15 is 0 Å². The Morgan fingerprint density at radius 3 is 1.94 bits per heavy atom. The van der Waals surface area contributed by atoms with Crippen LogP contribution in [0.1, 0.15) is 29.0 Å². The van der Waals surface area contributed by atoms with E-state index in [1.54, 1.807) is 0 Å². The third-order valence-electron chi connectivity index (χ3n) is 1.79. The predicted octanol–water partition coefficient (Wildman–Crippen LogP) is -1.01. The van der Waals surface area contributed by atoms with Crippen molar-refractivity contribution in [3.63, 3.8) is 0 Å². The first-order valence-electron chi connectivity index (χ1n) is 4.62. The number of aliphatic hydroxyl groups is 1. The monoisotopic (exact) mass is 290 g/mol. The van der Waals surface area contributed by atoms with E-state index in [2.05, 4.69) is 4.74 Å². The maximum absolute atomic E-state index is 11.1. The van der Waals surface area contributed by atoms with Gasteiger partial charge in [-0.15, -0.1) is 0 Å². The van der Waals surface area contributed by atoms with Crippen molar-refractivity contribution in [2.24, 2.45) is 0 Å². The minimum absolute atomic E-state index is 0. The summed E-state index contributed by atoms with van der Waals surface area (Å²) in [6.07, 6.45) is -2.38. The van der Waals surface area contributed by atoms with Crippen LogP contribution in [-0.2, 0) is 23.9 Å². The molecule has 0 rings (SSSR count). The van der Waals surface area contributed by atoms with Crippen molar-refractivity contribution in [3.8, 4) is 0 Å². The minimum Gasteiger partial charge on any atom is -1.00 e. The number of esters is 2. The number of ether oxygens (including phenoxy) is 1. The van der Waals surface area contributed by atoms with Gasteiger partial charge < -0.3 is 22.9 Å². The van der Waals surface area contributed by atoms with Gasteiger partial charge in [0.1, 0.15) is 0 Å². The molecule has 0 radical (unpaired) electrons. The molecule has 0 aromatic heterocycles. The smallest absolute Gasteiger partial charge is 1.00 e. The van der Waals surface area contributed by atoms with Gasteiger partial charge in [-0.1, -0.05) is 6.92 Å². The first-order chi connectivity index (χ1) is 7.71. The van der Waals surface area contributed by atoms with Crippen molar-refractivity contribution in [2.45, 2.75) is 31.8 Å². The van der Waals surface area contributed by atoms with E-state index in [0.29, 0.717) is 0 Å². The number of carboxylic acids is 2. The molecule has 0 aromatic carbocycles. The average molecular weight is 290 g/mol. The van der Waals surface area contributed by atoms with Gasteiger partial charge in [-0.25, -0.2) is 4.79 Å². The molecule has 0 amide bonds. The fourth-order valence-electron chi connectivity index (χ4n) is 0.938. The van der Waals surface area contributed by atoms with Crippen molar-refractivity contribution in [3.05, 3.63) is 0 Å². The van der Waals surface area contributed by atoms with Crippen LogP contribution in [0.5, 0.6) is 0 Å². The fourth-order valence-corrected chi connectivity index (χ4v) is 0.938. The second kappa shape index (κ2) is 8.41. The van der Waals surface area contributed by atoms with Crippen LogP contribution in [-0.4, -0.2) is 82.5 Å². The SMILES string of the molecule is CCC(=O)OC(=O)CC(O)(CC(=O)O)C(=O)O.[Ca+2].[H-].[H-]. The van der Waals surface area contributed by atoms with E-state index in [0.717, 1.165) is 0 Å². The van der Waals surface area contributed by atoms with Crippen LogP contribution < -0.4 is 0 Å². The molecule has 1 atom stereocenters. The van der Waals surface area contributed by atoms with Crippen LogP contribution in [0.25, 0.3) is 0 Å². The molecule has 8 nitrogen and oxygen atoms in total. The standard InChI is InChI=1S/C9H12O8.Ca.2H/c1-2-6(12)17-7(13)4-9(16,8(14)15)3-5(10)11;;;/h16H,2-4H2,1H3,(H,10,11)(H,14,15);;;/q;+2;2*-1. The van der Waals surface area contributed by atoms with E-state index in [4.69, 9.17) is 10.2 Å². The largest absolute Gasteiger partial charge is 2.00 e. The molecule has 3 N–H and O–H groups in total. The molecular formula is C9H14CaO8. The molecule has 0 aliphatic rings. The van der Waals surface area contributed by atoms with E-state index in [9.17, 15) is 24.3 Å². The average Bonchev–Trinajstić information content (AvgIpc) is 2.15. The number of hydrogen-bond acceptors (Lipinski definition) is 6. The van der Waals surface area contributed by atoms with Gasteiger partial charge in [0.15, 0.2) is 5.60 Å². The van der Waals surface area contributed by atoms with Gasteiger partial charge in [-0.05, 0) is 0 Å². The van der Waals surface area contributed by atoms with Gasteiger partial charge in [0, 0.05) is 6.42 Å². The predicted molar refractivity (Wildman–Crippen MR) is 58.8 cm³/mol. The van der Waals surface area contributed by atoms with Crippen molar-refractivity contribution in [2.75, 3.05) is 0 Å². The quantitative estimate of drug-likeness (QED) is 0.321. The van der Waals surface area contributed by atoms with Crippen LogP contribution in [0, 0.1) is 0 Å². The Balaban J connectivity index is -0.000000427. The summed E-state index contributed by atoms with van der Waals surface area (Å²) in [6, 6.07) is 0. The van der Waals surface area contributed by atoms with Crippen LogP contribution >= 0.6 is 0 Å². The zero-order valence-corrected chi connectivity index (χ0v) is 11.9. The summed E-state index contributed by atoms with van der Waals surface area (Å²) >= 11 is 0. The van der Waals surface area contributed by atoms with Crippen molar-refractivity contribution < 1.29 is 42.1 Å². The Hall–Kier alpha value is -0.700. The maximum atomic E-state index is 11.1. The first kappa shape index (κ1) is 19.6. The summed E-state index contributed by atoms with van der Waals surface area (Å²) in [5, 5.41) is 26.4. The molecular weight excluding hydrogens is 276 g/mol. The molecule has 9 heteroatoms. The zero-order chi connectivity index (χ0) is 13.6. The van der Waals surface area contributed by atoms with Gasteiger partial charge in [0.2, 0.25) is 0 Å². The molecule has 0 aromatic rings. The third-order valence-corrected chi connectivity index (χ3v) is 1.79. The van der Waals surface area contributed by atoms with E-state index < -0.39 is 42.3 Å². The number of hydrogen-bond donors (Lipinski definition) is 3. The molecule has 0 saturated heterocycles. The fraction of sp³-hybridized carbons (Fsp3) is 0.556. The summed E-state index contributed by atoms with van der Waals surface area (Å²) in [4.78, 5) is 42.7. The first-order valence-corrected chi connectivity index (χ1v) is 4.62. The number of aliphatic carboxylic acids is 2. The molecule has 100 valence electrons. The number of carbonyl (C=O) groups is 4. The van der Waals surface area contributed by atoms with Crippen LogP contribution in [0.3, 0.4) is 0 Å². The topological polar surface area (TPSA) is 138 Å². The molecule has 0 fully saturated rings. The van der Waals surface area contributed by atoms with Crippen molar-refractivity contribution in [1.29, 1.82) is 0 Å². The summed E-state index contributed by atoms with van der Waals surface area (Å²) in [6.45, 7) is 1.41. The Morgan fingerprint density at radius 1 is 1.11 bits per heavy atom. The molecule has 0 spiro atoms. The Labute approximate surface area is 135 Å². The van der Waals surface area contributed by atoms with Crippen LogP contribution in [0.4, 0.5) is 0 Å². The Morgan fingerprint density at radius 2 is 1.61 bits per heavy atom. The molecule has 0 saturated carbocycles.